The van der Waals surface area contributed by atoms with Crippen LogP contribution in [0.2, 0.25) is 0 Å². The molecular weight excluding hydrogens is 220 g/mol. The summed E-state index contributed by atoms with van der Waals surface area (Å²) < 4.78 is 10.7. The molecule has 0 aromatic carbocycles. The highest BCUT2D eigenvalue weighted by Gasteiger charge is 2.32. The molecule has 100 valence electrons. The predicted molar refractivity (Wildman–Crippen MR) is 66.1 cm³/mol. The van der Waals surface area contributed by atoms with Crippen molar-refractivity contribution in [3.05, 3.63) is 0 Å². The Morgan fingerprint density at radius 2 is 2.06 bits per heavy atom. The van der Waals surface area contributed by atoms with Gasteiger partial charge in [-0.25, -0.2) is 4.79 Å². The highest BCUT2D eigenvalue weighted by Crippen LogP contribution is 2.17. The summed E-state index contributed by atoms with van der Waals surface area (Å²) in [5.41, 5.74) is -0.445. The highest BCUT2D eigenvalue weighted by molar-refractivity contribution is 5.68. The molecule has 0 radical (unpaired) electrons. The number of nitrogens with zero attached hydrogens (tertiary/aromatic N) is 1. The number of methoxy groups -OCH3 is 1. The van der Waals surface area contributed by atoms with Crippen molar-refractivity contribution < 1.29 is 14.3 Å². The van der Waals surface area contributed by atoms with E-state index in [-0.39, 0.29) is 12.2 Å². The normalized spacial score (nSPS) is 25.8. The molecule has 0 saturated carbocycles. The maximum atomic E-state index is 11.9. The minimum Gasteiger partial charge on any atom is -0.444 e. The van der Waals surface area contributed by atoms with Crippen LogP contribution in [0, 0.1) is 0 Å². The summed E-state index contributed by atoms with van der Waals surface area (Å²) in [5, 5.41) is 3.21. The van der Waals surface area contributed by atoms with E-state index in [4.69, 9.17) is 9.47 Å². The first-order valence-electron chi connectivity index (χ1n) is 6.05. The number of carbonyl (C=O) groups is 1. The number of piperidine rings is 1. The smallest absolute Gasteiger partial charge is 0.410 e. The van der Waals surface area contributed by atoms with E-state index < -0.39 is 5.60 Å². The third-order valence-electron chi connectivity index (χ3n) is 2.88. The van der Waals surface area contributed by atoms with Crippen LogP contribution in [-0.4, -0.2) is 56.0 Å². The van der Waals surface area contributed by atoms with Crippen LogP contribution in [-0.2, 0) is 9.47 Å². The van der Waals surface area contributed by atoms with Gasteiger partial charge in [-0.3, -0.25) is 0 Å². The molecule has 2 atom stereocenters. The van der Waals surface area contributed by atoms with Crippen LogP contribution in [0.5, 0.6) is 0 Å². The van der Waals surface area contributed by atoms with Crippen molar-refractivity contribution >= 4 is 6.09 Å². The topological polar surface area (TPSA) is 50.8 Å². The molecule has 1 saturated heterocycles. The summed E-state index contributed by atoms with van der Waals surface area (Å²) >= 11 is 0. The molecule has 1 heterocycles. The maximum Gasteiger partial charge on any atom is 0.410 e. The molecule has 1 aliphatic heterocycles. The van der Waals surface area contributed by atoms with Crippen molar-refractivity contribution in [2.45, 2.75) is 44.9 Å². The van der Waals surface area contributed by atoms with E-state index in [1.54, 1.807) is 12.0 Å². The van der Waals surface area contributed by atoms with Gasteiger partial charge in [0.2, 0.25) is 0 Å². The number of likely N-dealkylation sites (N-methyl/N-ethyl adjacent to an activating group) is 1. The number of ether oxygens (including phenoxy) is 2. The van der Waals surface area contributed by atoms with Crippen LogP contribution in [0.3, 0.4) is 0 Å². The molecule has 0 aromatic rings. The molecule has 5 nitrogen and oxygen atoms in total. The minimum absolute atomic E-state index is 0.0290. The van der Waals surface area contributed by atoms with Gasteiger partial charge in [-0.1, -0.05) is 0 Å². The summed E-state index contributed by atoms with van der Waals surface area (Å²) in [7, 11) is 3.59. The lowest BCUT2D eigenvalue weighted by Crippen LogP contribution is -2.54. The Hall–Kier alpha value is -0.810. The van der Waals surface area contributed by atoms with Gasteiger partial charge < -0.3 is 19.7 Å². The SMILES string of the molecule is CN[C@H]1CCN(C(=O)OC(C)(C)C)C[C@H]1OC. The van der Waals surface area contributed by atoms with Gasteiger partial charge in [-0.2, -0.15) is 0 Å². The second-order valence-electron chi connectivity index (χ2n) is 5.38. The molecule has 1 rings (SSSR count). The molecule has 17 heavy (non-hydrogen) atoms. The Morgan fingerprint density at radius 1 is 1.41 bits per heavy atom. The summed E-state index contributed by atoms with van der Waals surface area (Å²) in [6.45, 7) is 6.91. The second-order valence-corrected chi connectivity index (χ2v) is 5.38. The molecule has 5 heteroatoms. The van der Waals surface area contributed by atoms with Crippen LogP contribution in [0.25, 0.3) is 0 Å². The van der Waals surface area contributed by atoms with Gasteiger partial charge in [-0.15, -0.1) is 0 Å². The zero-order chi connectivity index (χ0) is 13.1. The standard InChI is InChI=1S/C12H24N2O3/c1-12(2,3)17-11(15)14-7-6-9(13-4)10(8-14)16-5/h9-10,13H,6-8H2,1-5H3/t9-,10+/m0/s1. The van der Waals surface area contributed by atoms with Gasteiger partial charge in [0.25, 0.3) is 0 Å². The third kappa shape index (κ3) is 4.16. The van der Waals surface area contributed by atoms with E-state index in [2.05, 4.69) is 5.32 Å². The summed E-state index contributed by atoms with van der Waals surface area (Å²) in [4.78, 5) is 13.6. The fraction of sp³-hybridized carbons (Fsp3) is 0.917. The Labute approximate surface area is 103 Å². The lowest BCUT2D eigenvalue weighted by Gasteiger charge is -2.38. The zero-order valence-corrected chi connectivity index (χ0v) is 11.4. The van der Waals surface area contributed by atoms with Crippen molar-refractivity contribution in [1.82, 2.24) is 10.2 Å². The van der Waals surface area contributed by atoms with E-state index in [0.29, 0.717) is 19.1 Å². The number of hydrogen-bond donors (Lipinski definition) is 1. The first-order valence-corrected chi connectivity index (χ1v) is 6.05. The highest BCUT2D eigenvalue weighted by atomic mass is 16.6. The Morgan fingerprint density at radius 3 is 2.53 bits per heavy atom. The van der Waals surface area contributed by atoms with Gasteiger partial charge in [-0.05, 0) is 34.2 Å². The van der Waals surface area contributed by atoms with Crippen molar-refractivity contribution in [2.24, 2.45) is 0 Å². The average molecular weight is 244 g/mol. The molecule has 0 spiro atoms. The number of hydrogen-bond acceptors (Lipinski definition) is 4. The fourth-order valence-corrected chi connectivity index (χ4v) is 1.98. The molecule has 1 amide bonds. The van der Waals surface area contributed by atoms with E-state index >= 15 is 0 Å². The van der Waals surface area contributed by atoms with Crippen LogP contribution in [0.4, 0.5) is 4.79 Å². The molecule has 0 aromatic heterocycles. The summed E-state index contributed by atoms with van der Waals surface area (Å²) in [5.74, 6) is 0. The molecule has 0 unspecified atom stereocenters. The molecule has 0 aliphatic carbocycles. The monoisotopic (exact) mass is 244 g/mol. The van der Waals surface area contributed by atoms with E-state index in [9.17, 15) is 4.79 Å². The summed E-state index contributed by atoms with van der Waals surface area (Å²) in [6, 6.07) is 0.304. The Bertz CT molecular complexity index is 263. The fourth-order valence-electron chi connectivity index (χ4n) is 1.98. The van der Waals surface area contributed by atoms with Crippen molar-refractivity contribution in [1.29, 1.82) is 0 Å². The van der Waals surface area contributed by atoms with E-state index in [1.165, 1.54) is 0 Å². The number of amides is 1. The molecule has 1 fully saturated rings. The number of carbonyl (C=O) groups excluding carboxylic acids is 1. The van der Waals surface area contributed by atoms with Gasteiger partial charge >= 0.3 is 6.09 Å². The Kier molecular flexibility index (Phi) is 4.77. The first kappa shape index (κ1) is 14.3. The lowest BCUT2D eigenvalue weighted by atomic mass is 10.0. The second kappa shape index (κ2) is 5.69. The largest absolute Gasteiger partial charge is 0.444 e. The lowest BCUT2D eigenvalue weighted by molar-refractivity contribution is -0.0170. The van der Waals surface area contributed by atoms with Gasteiger partial charge in [0.05, 0.1) is 12.6 Å². The number of likely N-dealkylation sites (tertiary alicyclic amines) is 1. The van der Waals surface area contributed by atoms with Crippen molar-refractivity contribution in [3.63, 3.8) is 0 Å². The summed E-state index contributed by atoms with van der Waals surface area (Å²) in [6.07, 6.45) is 0.657. The van der Waals surface area contributed by atoms with Gasteiger partial charge in [0.15, 0.2) is 0 Å². The van der Waals surface area contributed by atoms with Crippen LogP contribution >= 0.6 is 0 Å². The minimum atomic E-state index is -0.445. The van der Waals surface area contributed by atoms with Gasteiger partial charge in [0.1, 0.15) is 5.60 Å². The molecule has 1 aliphatic rings. The van der Waals surface area contributed by atoms with Crippen LogP contribution in [0.15, 0.2) is 0 Å². The first-order chi connectivity index (χ1) is 7.87. The van der Waals surface area contributed by atoms with E-state index in [1.807, 2.05) is 27.8 Å². The van der Waals surface area contributed by atoms with Crippen molar-refractivity contribution in [2.75, 3.05) is 27.2 Å². The number of rotatable bonds is 2. The predicted octanol–water partition coefficient (Wildman–Crippen LogP) is 1.23. The quantitative estimate of drug-likeness (QED) is 0.794. The molecular formula is C12H24N2O3. The maximum absolute atomic E-state index is 11.9. The van der Waals surface area contributed by atoms with Crippen LogP contribution in [0.1, 0.15) is 27.2 Å². The molecule has 1 N–H and O–H groups in total. The zero-order valence-electron chi connectivity index (χ0n) is 11.4. The molecule has 0 bridgehead atoms. The van der Waals surface area contributed by atoms with E-state index in [0.717, 1.165) is 6.42 Å². The van der Waals surface area contributed by atoms with Gasteiger partial charge in [0, 0.05) is 19.7 Å². The van der Waals surface area contributed by atoms with Crippen molar-refractivity contribution in [3.8, 4) is 0 Å². The Balaban J connectivity index is 2.54. The average Bonchev–Trinajstić information content (AvgIpc) is 2.25. The third-order valence-corrected chi connectivity index (χ3v) is 2.88. The van der Waals surface area contributed by atoms with Crippen LogP contribution < -0.4 is 5.32 Å². The number of nitrogens with one attached hydrogen (secondary N) is 1.